The third-order valence-corrected chi connectivity index (χ3v) is 12.9. The van der Waals surface area contributed by atoms with Gasteiger partial charge >= 0.3 is 5.97 Å². The largest absolute Gasteiger partial charge is 0.457 e. The molecule has 11 unspecified atom stereocenters. The fourth-order valence-electron chi connectivity index (χ4n) is 8.45. The molecule has 0 radical (unpaired) electrons. The molecule has 0 aromatic carbocycles. The summed E-state index contributed by atoms with van der Waals surface area (Å²) in [5, 5.41) is 72.2. The lowest BCUT2D eigenvalue weighted by Crippen LogP contribution is -2.61. The molecule has 14 heteroatoms. The van der Waals surface area contributed by atoms with Gasteiger partial charge in [-0.15, -0.1) is 0 Å². The van der Waals surface area contributed by atoms with Crippen LogP contribution >= 0.6 is 0 Å². The predicted molar refractivity (Wildman–Crippen MR) is 270 cm³/mol. The van der Waals surface area contributed by atoms with E-state index in [1.54, 1.807) is 0 Å². The molecule has 2 fully saturated rings. The fourth-order valence-corrected chi connectivity index (χ4v) is 8.45. The van der Waals surface area contributed by atoms with Gasteiger partial charge in [-0.1, -0.05) is 184 Å². The summed E-state index contributed by atoms with van der Waals surface area (Å²) >= 11 is 0. The Kier molecular flexibility index (Phi) is 38.8. The zero-order valence-corrected chi connectivity index (χ0v) is 42.8. The maximum Gasteiger partial charge on any atom is 0.306 e. The van der Waals surface area contributed by atoms with E-state index < -0.39 is 80.7 Å². The Bertz CT molecular complexity index is 1320. The average molecular weight is 983 g/mol. The van der Waals surface area contributed by atoms with Crippen molar-refractivity contribution >= 4 is 5.97 Å². The number of allylic oxidation sites excluding steroid dienone is 8. The molecule has 11 atom stereocenters. The SMILES string of the molecule is CC/C=C\C/C=C\C/C=C\C/C=C\CCCCCCCCC(=O)OC(COCCCCCCCCCCCCCCCCCC)COC1OC(COC2OC(CO)C(O)C(O)C2O)C(O)C(O)C1O. The van der Waals surface area contributed by atoms with E-state index in [0.29, 0.717) is 13.0 Å². The van der Waals surface area contributed by atoms with Crippen LogP contribution in [0.15, 0.2) is 48.6 Å². The fraction of sp³-hybridized carbons (Fsp3) is 0.836. The molecule has 2 heterocycles. The van der Waals surface area contributed by atoms with Crippen LogP contribution in [-0.4, -0.2) is 142 Å². The molecular weight excluding hydrogens is 885 g/mol. The third-order valence-electron chi connectivity index (χ3n) is 12.9. The molecule has 2 aliphatic rings. The van der Waals surface area contributed by atoms with Crippen LogP contribution in [0.2, 0.25) is 0 Å². The van der Waals surface area contributed by atoms with Gasteiger partial charge in [-0.2, -0.15) is 0 Å². The van der Waals surface area contributed by atoms with Crippen LogP contribution in [0.4, 0.5) is 0 Å². The standard InChI is InChI=1S/C55H98O14/c1-3-5-7-9-11-13-15-17-19-21-22-23-24-26-28-30-32-34-36-38-47(57)67-44(41-64-39-37-35-33-31-29-27-25-20-18-16-14-12-10-8-6-4-2)42-65-54-53(63)51(61)49(59)46(69-54)43-66-55-52(62)50(60)48(58)45(40-56)68-55/h5,7,11,13,17,19,22-23,44-46,48-56,58-63H,3-4,6,8-10,12,14-16,18,20-21,24-43H2,1-2H3/b7-5-,13-11-,19-17-,23-22-. The van der Waals surface area contributed by atoms with Gasteiger partial charge in [-0.3, -0.25) is 4.79 Å². The molecular formula is C55H98O14. The molecule has 0 spiro atoms. The number of carbonyl (C=O) groups excluding carboxylic acids is 1. The van der Waals surface area contributed by atoms with Crippen LogP contribution in [0.5, 0.6) is 0 Å². The molecule has 0 aromatic heterocycles. The zero-order valence-electron chi connectivity index (χ0n) is 42.8. The van der Waals surface area contributed by atoms with E-state index in [1.165, 1.54) is 83.5 Å². The van der Waals surface area contributed by atoms with Crippen molar-refractivity contribution in [1.82, 2.24) is 0 Å². The van der Waals surface area contributed by atoms with Crippen LogP contribution < -0.4 is 0 Å². The van der Waals surface area contributed by atoms with E-state index in [1.807, 2.05) is 0 Å². The van der Waals surface area contributed by atoms with Crippen LogP contribution in [0.3, 0.4) is 0 Å². The first-order chi connectivity index (χ1) is 33.6. The summed E-state index contributed by atoms with van der Waals surface area (Å²) in [6, 6.07) is 0. The van der Waals surface area contributed by atoms with Gasteiger partial charge in [0, 0.05) is 13.0 Å². The highest BCUT2D eigenvalue weighted by atomic mass is 16.7. The van der Waals surface area contributed by atoms with Crippen molar-refractivity contribution in [1.29, 1.82) is 0 Å². The Morgan fingerprint density at radius 3 is 1.48 bits per heavy atom. The molecule has 2 rings (SSSR count). The maximum atomic E-state index is 13.0. The van der Waals surface area contributed by atoms with Gasteiger partial charge in [0.15, 0.2) is 12.6 Å². The summed E-state index contributed by atoms with van der Waals surface area (Å²) in [4.78, 5) is 13.0. The zero-order chi connectivity index (χ0) is 50.2. The highest BCUT2D eigenvalue weighted by Crippen LogP contribution is 2.26. The summed E-state index contributed by atoms with van der Waals surface area (Å²) in [5.74, 6) is -0.389. The molecule has 7 N–H and O–H groups in total. The topological polar surface area (TPSA) is 214 Å². The Labute approximate surface area is 416 Å². The first-order valence-electron chi connectivity index (χ1n) is 27.2. The maximum absolute atomic E-state index is 13.0. The number of aliphatic hydroxyl groups is 7. The van der Waals surface area contributed by atoms with Gasteiger partial charge in [0.05, 0.1) is 26.4 Å². The number of carbonyl (C=O) groups is 1. The minimum atomic E-state index is -1.71. The second-order valence-corrected chi connectivity index (χ2v) is 19.0. The van der Waals surface area contributed by atoms with Crippen LogP contribution in [0, 0.1) is 0 Å². The first-order valence-corrected chi connectivity index (χ1v) is 27.2. The molecule has 402 valence electrons. The monoisotopic (exact) mass is 983 g/mol. The second-order valence-electron chi connectivity index (χ2n) is 19.0. The number of aliphatic hydroxyl groups excluding tert-OH is 7. The van der Waals surface area contributed by atoms with E-state index in [-0.39, 0.29) is 25.6 Å². The Hall–Kier alpha value is -2.05. The molecule has 0 aromatic rings. The molecule has 2 aliphatic heterocycles. The lowest BCUT2D eigenvalue weighted by atomic mass is 9.98. The third kappa shape index (κ3) is 29.9. The average Bonchev–Trinajstić information content (AvgIpc) is 3.35. The van der Waals surface area contributed by atoms with Crippen molar-refractivity contribution in [2.75, 3.05) is 33.0 Å². The minimum Gasteiger partial charge on any atom is -0.457 e. The minimum absolute atomic E-state index is 0.0569. The molecule has 2 saturated heterocycles. The first kappa shape index (κ1) is 63.1. The van der Waals surface area contributed by atoms with Crippen LogP contribution in [0.1, 0.15) is 194 Å². The highest BCUT2D eigenvalue weighted by molar-refractivity contribution is 5.69. The normalized spacial score (nSPS) is 26.0. The Morgan fingerprint density at radius 1 is 0.493 bits per heavy atom. The van der Waals surface area contributed by atoms with Crippen LogP contribution in [-0.2, 0) is 33.2 Å². The van der Waals surface area contributed by atoms with Gasteiger partial charge in [-0.25, -0.2) is 0 Å². The lowest BCUT2D eigenvalue weighted by Gasteiger charge is -2.42. The summed E-state index contributed by atoms with van der Waals surface area (Å²) in [7, 11) is 0. The van der Waals surface area contributed by atoms with Gasteiger partial charge in [0.25, 0.3) is 0 Å². The van der Waals surface area contributed by atoms with Crippen molar-refractivity contribution in [3.05, 3.63) is 48.6 Å². The van der Waals surface area contributed by atoms with E-state index in [9.17, 15) is 40.5 Å². The summed E-state index contributed by atoms with van der Waals surface area (Å²) in [5.41, 5.74) is 0. The molecule has 0 saturated carbocycles. The molecule has 0 aliphatic carbocycles. The van der Waals surface area contributed by atoms with Crippen molar-refractivity contribution in [2.45, 2.75) is 261 Å². The molecule has 0 amide bonds. The quantitative estimate of drug-likeness (QED) is 0.0173. The number of hydrogen-bond donors (Lipinski definition) is 7. The Balaban J connectivity index is 1.75. The lowest BCUT2D eigenvalue weighted by molar-refractivity contribution is -0.332. The number of unbranched alkanes of at least 4 members (excludes halogenated alkanes) is 21. The van der Waals surface area contributed by atoms with Crippen molar-refractivity contribution < 1.29 is 69.0 Å². The van der Waals surface area contributed by atoms with Gasteiger partial charge in [-0.05, 0) is 51.4 Å². The van der Waals surface area contributed by atoms with E-state index >= 15 is 0 Å². The van der Waals surface area contributed by atoms with Crippen molar-refractivity contribution in [2.24, 2.45) is 0 Å². The highest BCUT2D eigenvalue weighted by Gasteiger charge is 2.47. The summed E-state index contributed by atoms with van der Waals surface area (Å²) in [6.07, 6.45) is 33.1. The summed E-state index contributed by atoms with van der Waals surface area (Å²) in [6.45, 7) is 3.57. The van der Waals surface area contributed by atoms with E-state index in [2.05, 4.69) is 62.5 Å². The number of ether oxygens (including phenoxy) is 6. The van der Waals surface area contributed by atoms with Gasteiger partial charge in [0.2, 0.25) is 0 Å². The van der Waals surface area contributed by atoms with Crippen LogP contribution in [0.25, 0.3) is 0 Å². The molecule has 0 bridgehead atoms. The number of rotatable bonds is 43. The smallest absolute Gasteiger partial charge is 0.306 e. The summed E-state index contributed by atoms with van der Waals surface area (Å²) < 4.78 is 34.3. The second kappa shape index (κ2) is 42.5. The predicted octanol–water partition coefficient (Wildman–Crippen LogP) is 8.74. The number of hydrogen-bond acceptors (Lipinski definition) is 14. The number of esters is 1. The van der Waals surface area contributed by atoms with Gasteiger partial charge in [0.1, 0.15) is 54.9 Å². The van der Waals surface area contributed by atoms with Crippen molar-refractivity contribution in [3.8, 4) is 0 Å². The molecule has 69 heavy (non-hydrogen) atoms. The van der Waals surface area contributed by atoms with Crippen molar-refractivity contribution in [3.63, 3.8) is 0 Å². The van der Waals surface area contributed by atoms with E-state index in [0.717, 1.165) is 83.5 Å². The van der Waals surface area contributed by atoms with E-state index in [4.69, 9.17) is 28.4 Å². The Morgan fingerprint density at radius 2 is 0.942 bits per heavy atom. The molecule has 14 nitrogen and oxygen atoms in total. The van der Waals surface area contributed by atoms with Gasteiger partial charge < -0.3 is 64.2 Å².